The molecule has 3 rings (SSSR count). The van der Waals surface area contributed by atoms with Gasteiger partial charge in [0.1, 0.15) is 5.82 Å². The van der Waals surface area contributed by atoms with Gasteiger partial charge in [0.15, 0.2) is 0 Å². The Balaban J connectivity index is 1.81. The van der Waals surface area contributed by atoms with Crippen molar-refractivity contribution in [1.29, 1.82) is 0 Å². The van der Waals surface area contributed by atoms with Crippen molar-refractivity contribution in [3.05, 3.63) is 41.3 Å². The number of nitrogen functional groups attached to an aromatic ring is 1. The van der Waals surface area contributed by atoms with Crippen molar-refractivity contribution < 1.29 is 9.13 Å². The van der Waals surface area contributed by atoms with E-state index in [1.54, 1.807) is 12.3 Å². The van der Waals surface area contributed by atoms with Crippen LogP contribution >= 0.6 is 11.6 Å². The number of rotatable bonds is 4. The highest BCUT2D eigenvalue weighted by Gasteiger charge is 2.22. The summed E-state index contributed by atoms with van der Waals surface area (Å²) in [5, 5.41) is 0.400. The summed E-state index contributed by atoms with van der Waals surface area (Å²) in [4.78, 5) is 4.21. The van der Waals surface area contributed by atoms with Crippen LogP contribution in [-0.2, 0) is 0 Å². The van der Waals surface area contributed by atoms with E-state index < -0.39 is 5.82 Å². The lowest BCUT2D eigenvalue weighted by molar-refractivity contribution is 0.288. The smallest absolute Gasteiger partial charge is 0.213 e. The van der Waals surface area contributed by atoms with Crippen molar-refractivity contribution in [3.63, 3.8) is 0 Å². The first-order chi connectivity index (χ1) is 9.63. The highest BCUT2D eigenvalue weighted by molar-refractivity contribution is 6.33. The van der Waals surface area contributed by atoms with E-state index in [-0.39, 0.29) is 5.69 Å². The van der Waals surface area contributed by atoms with Crippen molar-refractivity contribution in [2.75, 3.05) is 12.3 Å². The second kappa shape index (κ2) is 5.29. The average molecular weight is 293 g/mol. The molecule has 2 N–H and O–H groups in total. The second-order valence-electron chi connectivity index (χ2n) is 4.99. The third kappa shape index (κ3) is 2.85. The van der Waals surface area contributed by atoms with Crippen LogP contribution in [0.2, 0.25) is 5.02 Å². The molecule has 0 atom stereocenters. The molecule has 1 aliphatic carbocycles. The molecule has 20 heavy (non-hydrogen) atoms. The second-order valence-corrected chi connectivity index (χ2v) is 5.40. The maximum Gasteiger partial charge on any atom is 0.213 e. The van der Waals surface area contributed by atoms with Gasteiger partial charge in [-0.25, -0.2) is 9.37 Å². The van der Waals surface area contributed by atoms with Crippen LogP contribution in [0.5, 0.6) is 5.88 Å². The first kappa shape index (κ1) is 13.2. The van der Waals surface area contributed by atoms with Crippen LogP contribution in [0.4, 0.5) is 10.1 Å². The van der Waals surface area contributed by atoms with Gasteiger partial charge in [0.25, 0.3) is 0 Å². The molecule has 5 heteroatoms. The Hall–Kier alpha value is -1.81. The standard InChI is InChI=1S/C15H14ClFN2O/c16-12-6-14(18)13(17)5-11(12)10-3-4-15(19-7-10)20-8-9-1-2-9/h3-7,9H,1-2,8,18H2. The number of aromatic nitrogens is 1. The van der Waals surface area contributed by atoms with Gasteiger partial charge in [-0.1, -0.05) is 11.6 Å². The lowest BCUT2D eigenvalue weighted by Gasteiger charge is -2.08. The fourth-order valence-corrected chi connectivity index (χ4v) is 2.18. The van der Waals surface area contributed by atoms with Crippen molar-refractivity contribution in [3.8, 4) is 17.0 Å². The molecule has 1 aromatic heterocycles. The van der Waals surface area contributed by atoms with E-state index in [2.05, 4.69) is 4.98 Å². The Labute approximate surface area is 121 Å². The van der Waals surface area contributed by atoms with Crippen LogP contribution in [-0.4, -0.2) is 11.6 Å². The van der Waals surface area contributed by atoms with Gasteiger partial charge in [-0.05, 0) is 37.0 Å². The van der Waals surface area contributed by atoms with E-state index >= 15 is 0 Å². The average Bonchev–Trinajstić information content (AvgIpc) is 3.25. The summed E-state index contributed by atoms with van der Waals surface area (Å²) in [6.07, 6.45) is 4.09. The van der Waals surface area contributed by atoms with Crippen molar-refractivity contribution in [1.82, 2.24) is 4.98 Å². The SMILES string of the molecule is Nc1cc(Cl)c(-c2ccc(OCC3CC3)nc2)cc1F. The van der Waals surface area contributed by atoms with Gasteiger partial charge in [-0.2, -0.15) is 0 Å². The number of nitrogens with zero attached hydrogens (tertiary/aromatic N) is 1. The zero-order chi connectivity index (χ0) is 14.1. The topological polar surface area (TPSA) is 48.1 Å². The molecule has 0 bridgehead atoms. The van der Waals surface area contributed by atoms with Gasteiger partial charge >= 0.3 is 0 Å². The van der Waals surface area contributed by atoms with E-state index in [0.717, 1.165) is 5.56 Å². The fraction of sp³-hybridized carbons (Fsp3) is 0.267. The van der Waals surface area contributed by atoms with Crippen molar-refractivity contribution in [2.24, 2.45) is 5.92 Å². The number of nitrogens with two attached hydrogens (primary N) is 1. The van der Waals surface area contributed by atoms with Crippen LogP contribution in [0, 0.1) is 11.7 Å². The molecule has 0 spiro atoms. The molecular weight excluding hydrogens is 279 g/mol. The zero-order valence-electron chi connectivity index (χ0n) is 10.8. The van der Waals surface area contributed by atoms with E-state index in [9.17, 15) is 4.39 Å². The van der Waals surface area contributed by atoms with E-state index in [1.807, 2.05) is 6.07 Å². The number of halogens is 2. The lowest BCUT2D eigenvalue weighted by atomic mass is 10.1. The third-order valence-corrected chi connectivity index (χ3v) is 3.61. The fourth-order valence-electron chi connectivity index (χ4n) is 1.90. The molecule has 0 saturated heterocycles. The lowest BCUT2D eigenvalue weighted by Crippen LogP contribution is -2.00. The van der Waals surface area contributed by atoms with E-state index in [0.29, 0.717) is 29.0 Å². The predicted octanol–water partition coefficient (Wildman–Crippen LogP) is 3.91. The maximum atomic E-state index is 13.5. The van der Waals surface area contributed by atoms with Crippen LogP contribution in [0.25, 0.3) is 11.1 Å². The molecule has 2 aromatic rings. The highest BCUT2D eigenvalue weighted by Crippen LogP contribution is 2.32. The summed E-state index contributed by atoms with van der Waals surface area (Å²) in [5.74, 6) is 0.767. The normalized spacial score (nSPS) is 14.3. The van der Waals surface area contributed by atoms with Crippen LogP contribution in [0.3, 0.4) is 0 Å². The van der Waals surface area contributed by atoms with Gasteiger partial charge in [0.2, 0.25) is 5.88 Å². The predicted molar refractivity (Wildman–Crippen MR) is 77.3 cm³/mol. The molecule has 104 valence electrons. The summed E-state index contributed by atoms with van der Waals surface area (Å²) in [7, 11) is 0. The summed E-state index contributed by atoms with van der Waals surface area (Å²) in [6.45, 7) is 0.712. The van der Waals surface area contributed by atoms with Gasteiger partial charge in [-0.15, -0.1) is 0 Å². The number of hydrogen-bond donors (Lipinski definition) is 1. The van der Waals surface area contributed by atoms with Crippen LogP contribution in [0.1, 0.15) is 12.8 Å². The van der Waals surface area contributed by atoms with Crippen LogP contribution < -0.4 is 10.5 Å². The molecule has 1 fully saturated rings. The summed E-state index contributed by atoms with van der Waals surface area (Å²) in [5.41, 5.74) is 6.81. The molecule has 0 radical (unpaired) electrons. The third-order valence-electron chi connectivity index (χ3n) is 3.30. The van der Waals surface area contributed by atoms with Gasteiger partial charge in [-0.3, -0.25) is 0 Å². The van der Waals surface area contributed by atoms with Crippen molar-refractivity contribution in [2.45, 2.75) is 12.8 Å². The number of benzene rings is 1. The summed E-state index contributed by atoms with van der Waals surface area (Å²) < 4.78 is 19.1. The molecule has 0 amide bonds. The minimum absolute atomic E-state index is 0.0381. The number of ether oxygens (including phenoxy) is 1. The Kier molecular flexibility index (Phi) is 3.49. The monoisotopic (exact) mass is 292 g/mol. The molecule has 0 unspecified atom stereocenters. The van der Waals surface area contributed by atoms with Gasteiger partial charge in [0.05, 0.1) is 17.3 Å². The Bertz CT molecular complexity index is 627. The summed E-state index contributed by atoms with van der Waals surface area (Å²) >= 11 is 6.08. The Morgan fingerprint density at radius 1 is 1.35 bits per heavy atom. The molecule has 1 aliphatic rings. The number of pyridine rings is 1. The van der Waals surface area contributed by atoms with Crippen LogP contribution in [0.15, 0.2) is 30.5 Å². The largest absolute Gasteiger partial charge is 0.477 e. The van der Waals surface area contributed by atoms with E-state index in [1.165, 1.54) is 25.0 Å². The Morgan fingerprint density at radius 2 is 2.15 bits per heavy atom. The minimum atomic E-state index is -0.488. The minimum Gasteiger partial charge on any atom is -0.477 e. The molecule has 1 saturated carbocycles. The first-order valence-electron chi connectivity index (χ1n) is 6.47. The maximum absolute atomic E-state index is 13.5. The number of hydrogen-bond acceptors (Lipinski definition) is 3. The molecular formula is C15H14ClFN2O. The summed E-state index contributed by atoms with van der Waals surface area (Å²) in [6, 6.07) is 6.30. The Morgan fingerprint density at radius 3 is 2.80 bits per heavy atom. The molecule has 1 aromatic carbocycles. The van der Waals surface area contributed by atoms with E-state index in [4.69, 9.17) is 22.1 Å². The van der Waals surface area contributed by atoms with Gasteiger partial charge < -0.3 is 10.5 Å². The van der Waals surface area contributed by atoms with Crippen molar-refractivity contribution >= 4 is 17.3 Å². The molecule has 1 heterocycles. The highest BCUT2D eigenvalue weighted by atomic mass is 35.5. The zero-order valence-corrected chi connectivity index (χ0v) is 11.5. The van der Waals surface area contributed by atoms with Gasteiger partial charge in [0, 0.05) is 23.4 Å². The molecule has 0 aliphatic heterocycles. The quantitative estimate of drug-likeness (QED) is 0.869. The number of anilines is 1. The first-order valence-corrected chi connectivity index (χ1v) is 6.85. The molecule has 3 nitrogen and oxygen atoms in total.